The third kappa shape index (κ3) is 6.95. The molecule has 1 unspecified atom stereocenters. The van der Waals surface area contributed by atoms with Gasteiger partial charge in [0.2, 0.25) is 0 Å². The van der Waals surface area contributed by atoms with Gasteiger partial charge in [0.15, 0.2) is 5.78 Å². The van der Waals surface area contributed by atoms with Crippen LogP contribution in [0.4, 0.5) is 4.39 Å². The van der Waals surface area contributed by atoms with E-state index in [1.807, 2.05) is 31.2 Å². The van der Waals surface area contributed by atoms with Crippen molar-refractivity contribution < 1.29 is 23.6 Å². The van der Waals surface area contributed by atoms with Crippen LogP contribution in [0, 0.1) is 18.7 Å². The van der Waals surface area contributed by atoms with Crippen LogP contribution in [0.3, 0.4) is 0 Å². The average molecular weight is 385 g/mol. The first-order valence-electron chi connectivity index (χ1n) is 9.12. The summed E-state index contributed by atoms with van der Waals surface area (Å²) < 4.78 is 18.1. The summed E-state index contributed by atoms with van der Waals surface area (Å²) in [5.41, 5.74) is 2.80. The van der Waals surface area contributed by atoms with Crippen LogP contribution in [-0.2, 0) is 32.2 Å². The number of benzene rings is 2. The van der Waals surface area contributed by atoms with Crippen LogP contribution in [0.1, 0.15) is 30.0 Å². The van der Waals surface area contributed by atoms with Crippen molar-refractivity contribution in [1.82, 2.24) is 0 Å². The van der Waals surface area contributed by atoms with E-state index in [0.29, 0.717) is 12.2 Å². The number of carbonyl (C=O) groups is 2. The second-order valence-corrected chi connectivity index (χ2v) is 6.35. The number of hydrogen-bond acceptors (Lipinski definition) is 5. The van der Waals surface area contributed by atoms with E-state index in [2.05, 4.69) is 5.16 Å². The Morgan fingerprint density at radius 1 is 1.07 bits per heavy atom. The van der Waals surface area contributed by atoms with Crippen molar-refractivity contribution in [2.24, 2.45) is 11.1 Å². The standard InChI is InChI=1S/C22H24FNO4/c1-3-27-22(26)20(14-17-8-10-19(23)11-9-17)21(25)12-13-24-28-15-18-6-4-16(2)5-7-18/h4-11,13,20H,3,12,14-15H2,1-2H3. The van der Waals surface area contributed by atoms with E-state index in [0.717, 1.165) is 11.1 Å². The molecule has 0 radical (unpaired) electrons. The lowest BCUT2D eigenvalue weighted by atomic mass is 9.94. The molecule has 0 spiro atoms. The Morgan fingerprint density at radius 3 is 2.36 bits per heavy atom. The van der Waals surface area contributed by atoms with Crippen molar-refractivity contribution in [3.8, 4) is 0 Å². The number of rotatable bonds is 10. The lowest BCUT2D eigenvalue weighted by Crippen LogP contribution is -2.28. The molecule has 0 aliphatic heterocycles. The zero-order chi connectivity index (χ0) is 20.4. The van der Waals surface area contributed by atoms with Crippen LogP contribution >= 0.6 is 0 Å². The van der Waals surface area contributed by atoms with E-state index in [1.165, 1.54) is 18.3 Å². The monoisotopic (exact) mass is 385 g/mol. The first kappa shape index (κ1) is 21.3. The quantitative estimate of drug-likeness (QED) is 0.268. The molecule has 2 aromatic rings. The first-order chi connectivity index (χ1) is 13.5. The molecule has 0 aliphatic rings. The number of ether oxygens (including phenoxy) is 1. The second kappa shape index (κ2) is 11.0. The van der Waals surface area contributed by atoms with Gasteiger partial charge in [-0.05, 0) is 43.5 Å². The van der Waals surface area contributed by atoms with Gasteiger partial charge in [0.05, 0.1) is 12.8 Å². The summed E-state index contributed by atoms with van der Waals surface area (Å²) in [6, 6.07) is 13.5. The van der Waals surface area contributed by atoms with Crippen LogP contribution in [-0.4, -0.2) is 24.6 Å². The molecule has 0 heterocycles. The van der Waals surface area contributed by atoms with Gasteiger partial charge in [-0.3, -0.25) is 9.59 Å². The maximum absolute atomic E-state index is 13.1. The summed E-state index contributed by atoms with van der Waals surface area (Å²) in [5.74, 6) is -2.26. The fourth-order valence-electron chi connectivity index (χ4n) is 2.55. The smallest absolute Gasteiger partial charge is 0.316 e. The lowest BCUT2D eigenvalue weighted by molar-refractivity contribution is -0.151. The van der Waals surface area contributed by atoms with E-state index >= 15 is 0 Å². The predicted octanol–water partition coefficient (Wildman–Crippen LogP) is 4.02. The maximum Gasteiger partial charge on any atom is 0.316 e. The van der Waals surface area contributed by atoms with Gasteiger partial charge >= 0.3 is 5.97 Å². The largest absolute Gasteiger partial charge is 0.465 e. The van der Waals surface area contributed by atoms with E-state index < -0.39 is 11.9 Å². The molecular formula is C22H24FNO4. The molecule has 0 saturated heterocycles. The Morgan fingerprint density at radius 2 is 1.71 bits per heavy atom. The number of oxime groups is 1. The second-order valence-electron chi connectivity index (χ2n) is 6.35. The molecule has 5 nitrogen and oxygen atoms in total. The first-order valence-corrected chi connectivity index (χ1v) is 9.12. The molecule has 0 aliphatic carbocycles. The topological polar surface area (TPSA) is 65.0 Å². The van der Waals surface area contributed by atoms with Gasteiger partial charge in [0.25, 0.3) is 0 Å². The Bertz CT molecular complexity index is 800. The number of halogens is 1. The Kier molecular flexibility index (Phi) is 8.34. The molecule has 0 bridgehead atoms. The molecule has 0 amide bonds. The number of Topliss-reactive ketones (excluding diaryl/α,β-unsaturated/α-hetero) is 1. The van der Waals surface area contributed by atoms with E-state index in [1.54, 1.807) is 19.1 Å². The molecule has 0 aromatic heterocycles. The number of esters is 1. The van der Waals surface area contributed by atoms with Gasteiger partial charge in [-0.15, -0.1) is 0 Å². The summed E-state index contributed by atoms with van der Waals surface area (Å²) in [7, 11) is 0. The van der Waals surface area contributed by atoms with Crippen LogP contribution in [0.2, 0.25) is 0 Å². The normalized spacial score (nSPS) is 12.0. The Labute approximate surface area is 164 Å². The highest BCUT2D eigenvalue weighted by Gasteiger charge is 2.27. The maximum atomic E-state index is 13.1. The van der Waals surface area contributed by atoms with Crippen LogP contribution in [0.5, 0.6) is 0 Å². The molecule has 28 heavy (non-hydrogen) atoms. The van der Waals surface area contributed by atoms with Crippen molar-refractivity contribution in [2.45, 2.75) is 33.3 Å². The molecule has 6 heteroatoms. The SMILES string of the molecule is CCOC(=O)C(Cc1ccc(F)cc1)C(=O)CC=NOCc1ccc(C)cc1. The van der Waals surface area contributed by atoms with Crippen LogP contribution in [0.15, 0.2) is 53.7 Å². The third-order valence-electron chi connectivity index (χ3n) is 4.11. The highest BCUT2D eigenvalue weighted by Crippen LogP contribution is 2.14. The fourth-order valence-corrected chi connectivity index (χ4v) is 2.55. The van der Waals surface area contributed by atoms with Gasteiger partial charge in [-0.2, -0.15) is 0 Å². The van der Waals surface area contributed by atoms with Crippen molar-refractivity contribution in [1.29, 1.82) is 0 Å². The fraction of sp³-hybridized carbons (Fsp3) is 0.318. The minimum absolute atomic E-state index is 0.0570. The Balaban J connectivity index is 1.90. The molecule has 0 fully saturated rings. The number of hydrogen-bond donors (Lipinski definition) is 0. The number of ketones is 1. The minimum Gasteiger partial charge on any atom is -0.465 e. The van der Waals surface area contributed by atoms with Gasteiger partial charge in [-0.25, -0.2) is 4.39 Å². The average Bonchev–Trinajstić information content (AvgIpc) is 2.68. The lowest BCUT2D eigenvalue weighted by Gasteiger charge is -2.13. The van der Waals surface area contributed by atoms with Crippen LogP contribution < -0.4 is 0 Å². The number of carbonyl (C=O) groups excluding carboxylic acids is 2. The third-order valence-corrected chi connectivity index (χ3v) is 4.11. The number of aryl methyl sites for hydroxylation is 1. The Hall–Kier alpha value is -3.02. The minimum atomic E-state index is -0.964. The van der Waals surface area contributed by atoms with E-state index in [4.69, 9.17) is 9.57 Å². The van der Waals surface area contributed by atoms with E-state index in [9.17, 15) is 14.0 Å². The summed E-state index contributed by atoms with van der Waals surface area (Å²) in [6.45, 7) is 4.15. The molecule has 0 N–H and O–H groups in total. The summed E-state index contributed by atoms with van der Waals surface area (Å²) >= 11 is 0. The summed E-state index contributed by atoms with van der Waals surface area (Å²) in [5, 5.41) is 3.79. The molecular weight excluding hydrogens is 361 g/mol. The molecule has 148 valence electrons. The number of nitrogens with zero attached hydrogens (tertiary/aromatic N) is 1. The summed E-state index contributed by atoms with van der Waals surface area (Å²) in [4.78, 5) is 29.8. The highest BCUT2D eigenvalue weighted by atomic mass is 19.1. The van der Waals surface area contributed by atoms with Crippen molar-refractivity contribution >= 4 is 18.0 Å². The molecule has 1 atom stereocenters. The highest BCUT2D eigenvalue weighted by molar-refractivity contribution is 6.04. The van der Waals surface area contributed by atoms with Crippen molar-refractivity contribution in [2.75, 3.05) is 6.61 Å². The molecule has 0 saturated carbocycles. The predicted molar refractivity (Wildman–Crippen MR) is 104 cm³/mol. The van der Waals surface area contributed by atoms with E-state index in [-0.39, 0.29) is 31.0 Å². The zero-order valence-electron chi connectivity index (χ0n) is 16.1. The summed E-state index contributed by atoms with van der Waals surface area (Å²) in [6.07, 6.45) is 1.43. The zero-order valence-corrected chi connectivity index (χ0v) is 16.1. The van der Waals surface area contributed by atoms with Gasteiger partial charge in [0, 0.05) is 6.42 Å². The van der Waals surface area contributed by atoms with Gasteiger partial charge in [-0.1, -0.05) is 47.1 Å². The van der Waals surface area contributed by atoms with Gasteiger partial charge < -0.3 is 9.57 Å². The molecule has 2 rings (SSSR count). The van der Waals surface area contributed by atoms with Crippen LogP contribution in [0.25, 0.3) is 0 Å². The van der Waals surface area contributed by atoms with Gasteiger partial charge in [0.1, 0.15) is 18.3 Å². The molecule has 2 aromatic carbocycles. The van der Waals surface area contributed by atoms with Crippen molar-refractivity contribution in [3.63, 3.8) is 0 Å². The van der Waals surface area contributed by atoms with Crippen molar-refractivity contribution in [3.05, 3.63) is 71.0 Å².